The Kier molecular flexibility index (Phi) is 7.39. The molecule has 148 valence electrons. The van der Waals surface area contributed by atoms with Crippen LogP contribution in [0.1, 0.15) is 54.7 Å². The number of carbonyl (C=O) groups excluding carboxylic acids is 1. The number of hydrogen-bond acceptors (Lipinski definition) is 5. The molecular weight excluding hydrogens is 406 g/mol. The topological polar surface area (TPSA) is 79.4 Å². The summed E-state index contributed by atoms with van der Waals surface area (Å²) in [5.74, 6) is -0.105. The van der Waals surface area contributed by atoms with Crippen LogP contribution in [0.4, 0.5) is 0 Å². The first-order valence-electron chi connectivity index (χ1n) is 8.72. The summed E-state index contributed by atoms with van der Waals surface area (Å²) in [5, 5.41) is 5.86. The minimum absolute atomic E-state index is 0.0523. The first-order chi connectivity index (χ1) is 12.7. The van der Waals surface area contributed by atoms with Crippen molar-refractivity contribution < 1.29 is 13.2 Å². The molecule has 1 amide bonds. The summed E-state index contributed by atoms with van der Waals surface area (Å²) in [6, 6.07) is 4.18. The molecule has 1 N–H and O–H groups in total. The maximum atomic E-state index is 12.7. The number of aromatic nitrogens is 1. The maximum Gasteiger partial charge on any atom is 0.253 e. The van der Waals surface area contributed by atoms with E-state index in [-0.39, 0.29) is 22.0 Å². The van der Waals surface area contributed by atoms with Crippen molar-refractivity contribution in [1.82, 2.24) is 14.6 Å². The molecule has 27 heavy (non-hydrogen) atoms. The highest BCUT2D eigenvalue weighted by Crippen LogP contribution is 2.23. The quantitative estimate of drug-likeness (QED) is 0.690. The number of nitrogens with zero attached hydrogens (tertiary/aromatic N) is 2. The van der Waals surface area contributed by atoms with Crippen molar-refractivity contribution in [2.75, 3.05) is 13.1 Å². The Labute approximate surface area is 169 Å². The Bertz CT molecular complexity index is 906. The lowest BCUT2D eigenvalue weighted by Gasteiger charge is -2.19. The molecule has 0 unspecified atom stereocenters. The third-order valence-corrected chi connectivity index (χ3v) is 7.59. The highest BCUT2D eigenvalue weighted by Gasteiger charge is 2.24. The van der Waals surface area contributed by atoms with Crippen LogP contribution >= 0.6 is 22.9 Å². The number of carbonyl (C=O) groups is 1. The van der Waals surface area contributed by atoms with E-state index in [0.717, 1.165) is 10.7 Å². The Balaban J connectivity index is 2.20. The van der Waals surface area contributed by atoms with E-state index >= 15 is 0 Å². The van der Waals surface area contributed by atoms with Crippen molar-refractivity contribution in [2.45, 2.75) is 45.1 Å². The van der Waals surface area contributed by atoms with Gasteiger partial charge in [0, 0.05) is 24.4 Å². The number of sulfonamides is 1. The van der Waals surface area contributed by atoms with Gasteiger partial charge >= 0.3 is 0 Å². The van der Waals surface area contributed by atoms with E-state index in [0.29, 0.717) is 19.0 Å². The van der Waals surface area contributed by atoms with Gasteiger partial charge in [-0.05, 0) is 18.2 Å². The molecule has 0 saturated heterocycles. The Hall–Kier alpha value is -1.48. The molecule has 0 radical (unpaired) electrons. The van der Waals surface area contributed by atoms with Crippen molar-refractivity contribution in [1.29, 1.82) is 0 Å². The molecule has 0 fully saturated rings. The minimum atomic E-state index is -3.66. The van der Waals surface area contributed by atoms with E-state index in [1.54, 1.807) is 25.2 Å². The van der Waals surface area contributed by atoms with Gasteiger partial charge in [-0.2, -0.15) is 4.31 Å². The van der Waals surface area contributed by atoms with Gasteiger partial charge in [0.2, 0.25) is 10.0 Å². The summed E-state index contributed by atoms with van der Waals surface area (Å²) in [6.45, 7) is 8.61. The Morgan fingerprint density at radius 1 is 1.30 bits per heavy atom. The van der Waals surface area contributed by atoms with Crippen LogP contribution in [0.15, 0.2) is 28.5 Å². The SMILES string of the molecule is CCN(CC)S(=O)(=O)c1ccc(Cl)c(C(=O)NCc2csc(C(C)C)n2)c1. The van der Waals surface area contributed by atoms with Gasteiger partial charge < -0.3 is 5.32 Å². The second kappa shape index (κ2) is 9.14. The van der Waals surface area contributed by atoms with Gasteiger partial charge in [-0.15, -0.1) is 11.3 Å². The van der Waals surface area contributed by atoms with Crippen molar-refractivity contribution in [3.63, 3.8) is 0 Å². The predicted octanol–water partition coefficient (Wildman–Crippen LogP) is 3.88. The molecule has 1 heterocycles. The van der Waals surface area contributed by atoms with Gasteiger partial charge in [-0.1, -0.05) is 39.3 Å². The monoisotopic (exact) mass is 429 g/mol. The second-order valence-corrected chi connectivity index (χ2v) is 9.48. The zero-order valence-electron chi connectivity index (χ0n) is 15.8. The van der Waals surface area contributed by atoms with E-state index in [1.165, 1.54) is 22.5 Å². The summed E-state index contributed by atoms with van der Waals surface area (Å²) >= 11 is 7.68. The largest absolute Gasteiger partial charge is 0.346 e. The van der Waals surface area contributed by atoms with E-state index < -0.39 is 15.9 Å². The Morgan fingerprint density at radius 3 is 2.52 bits per heavy atom. The van der Waals surface area contributed by atoms with Gasteiger partial charge in [0.1, 0.15) is 0 Å². The second-order valence-electron chi connectivity index (χ2n) is 6.25. The van der Waals surface area contributed by atoms with Crippen LogP contribution in [0.3, 0.4) is 0 Å². The molecule has 1 aromatic heterocycles. The smallest absolute Gasteiger partial charge is 0.253 e. The molecule has 0 aliphatic carbocycles. The molecule has 0 bridgehead atoms. The maximum absolute atomic E-state index is 12.7. The molecule has 0 saturated carbocycles. The highest BCUT2D eigenvalue weighted by atomic mass is 35.5. The van der Waals surface area contributed by atoms with E-state index in [9.17, 15) is 13.2 Å². The molecule has 9 heteroatoms. The van der Waals surface area contributed by atoms with Crippen LogP contribution in [0.5, 0.6) is 0 Å². The lowest BCUT2D eigenvalue weighted by molar-refractivity contribution is 0.0950. The lowest BCUT2D eigenvalue weighted by Crippen LogP contribution is -2.31. The molecule has 2 aromatic rings. The number of rotatable bonds is 8. The summed E-state index contributed by atoms with van der Waals surface area (Å²) in [4.78, 5) is 17.1. The van der Waals surface area contributed by atoms with Crippen molar-refractivity contribution >= 4 is 38.9 Å². The fraction of sp³-hybridized carbons (Fsp3) is 0.444. The van der Waals surface area contributed by atoms with Crippen molar-refractivity contribution in [2.24, 2.45) is 0 Å². The molecule has 2 rings (SSSR count). The summed E-state index contributed by atoms with van der Waals surface area (Å²) in [7, 11) is -3.66. The third-order valence-electron chi connectivity index (χ3n) is 4.02. The van der Waals surface area contributed by atoms with Gasteiger partial charge in [0.05, 0.1) is 32.7 Å². The third kappa shape index (κ3) is 5.07. The summed E-state index contributed by atoms with van der Waals surface area (Å²) < 4.78 is 26.7. The van der Waals surface area contributed by atoms with Crippen LogP contribution < -0.4 is 5.32 Å². The van der Waals surface area contributed by atoms with Gasteiger partial charge in [0.15, 0.2) is 0 Å². The molecular formula is C18H24ClN3O3S2. The number of amides is 1. The Morgan fingerprint density at radius 2 is 1.96 bits per heavy atom. The van der Waals surface area contributed by atoms with Gasteiger partial charge in [-0.3, -0.25) is 4.79 Å². The zero-order chi connectivity index (χ0) is 20.2. The molecule has 0 atom stereocenters. The standard InChI is InChI=1S/C18H24ClN3O3S2/c1-5-22(6-2)27(24,25)14-7-8-16(19)15(9-14)17(23)20-10-13-11-26-18(21-13)12(3)4/h7-9,11-12H,5-6,10H2,1-4H3,(H,20,23). The average molecular weight is 430 g/mol. The minimum Gasteiger partial charge on any atom is -0.346 e. The van der Waals surface area contributed by atoms with Crippen LogP contribution in [-0.4, -0.2) is 36.7 Å². The number of nitrogens with one attached hydrogen (secondary N) is 1. The van der Waals surface area contributed by atoms with Crippen LogP contribution in [0.25, 0.3) is 0 Å². The van der Waals surface area contributed by atoms with Gasteiger partial charge in [0.25, 0.3) is 5.91 Å². The number of hydrogen-bond donors (Lipinski definition) is 1. The van der Waals surface area contributed by atoms with E-state index in [2.05, 4.69) is 24.1 Å². The molecule has 0 aliphatic heterocycles. The zero-order valence-corrected chi connectivity index (χ0v) is 18.2. The summed E-state index contributed by atoms with van der Waals surface area (Å²) in [6.07, 6.45) is 0. The van der Waals surface area contributed by atoms with Gasteiger partial charge in [-0.25, -0.2) is 13.4 Å². The van der Waals surface area contributed by atoms with E-state index in [1.807, 2.05) is 5.38 Å². The number of halogens is 1. The van der Waals surface area contributed by atoms with Crippen molar-refractivity contribution in [3.8, 4) is 0 Å². The molecule has 0 aliphatic rings. The van der Waals surface area contributed by atoms with E-state index in [4.69, 9.17) is 11.6 Å². The van der Waals surface area contributed by atoms with Crippen molar-refractivity contribution in [3.05, 3.63) is 44.9 Å². The fourth-order valence-corrected chi connectivity index (χ4v) is 5.01. The predicted molar refractivity (Wildman–Crippen MR) is 109 cm³/mol. The first-order valence-corrected chi connectivity index (χ1v) is 11.4. The molecule has 1 aromatic carbocycles. The van der Waals surface area contributed by atoms with Crippen LogP contribution in [0, 0.1) is 0 Å². The van der Waals surface area contributed by atoms with Crippen LogP contribution in [0.2, 0.25) is 5.02 Å². The fourth-order valence-electron chi connectivity index (χ4n) is 2.49. The normalized spacial score (nSPS) is 12.0. The summed E-state index contributed by atoms with van der Waals surface area (Å²) in [5.41, 5.74) is 0.893. The van der Waals surface area contributed by atoms with Crippen LogP contribution in [-0.2, 0) is 16.6 Å². The number of thiazole rings is 1. The molecule has 6 nitrogen and oxygen atoms in total. The first kappa shape index (κ1) is 21.8. The average Bonchev–Trinajstić information content (AvgIpc) is 3.10. The lowest BCUT2D eigenvalue weighted by atomic mass is 10.2. The number of benzene rings is 1. The molecule has 0 spiro atoms. The highest BCUT2D eigenvalue weighted by molar-refractivity contribution is 7.89.